The van der Waals surface area contributed by atoms with Crippen LogP contribution in [-0.2, 0) is 9.59 Å². The van der Waals surface area contributed by atoms with Gasteiger partial charge in [-0.25, -0.2) is 0 Å². The third-order valence-electron chi connectivity index (χ3n) is 2.36. The second kappa shape index (κ2) is 7.30. The van der Waals surface area contributed by atoms with Gasteiger partial charge in [-0.05, 0) is 27.7 Å². The molecule has 0 aliphatic heterocycles. The van der Waals surface area contributed by atoms with E-state index in [1.54, 1.807) is 27.7 Å². The molecular formula is C14H20N4O2. The molecule has 0 saturated carbocycles. The predicted octanol–water partition coefficient (Wildman–Crippen LogP) is 0.495. The zero-order chi connectivity index (χ0) is 15.8. The summed E-state index contributed by atoms with van der Waals surface area (Å²) >= 11 is 0. The quantitative estimate of drug-likeness (QED) is 0.547. The lowest BCUT2D eigenvalue weighted by molar-refractivity contribution is -0.127. The van der Waals surface area contributed by atoms with Gasteiger partial charge in [0.25, 0.3) is 0 Å². The summed E-state index contributed by atoms with van der Waals surface area (Å²) in [6.45, 7) is 6.55. The van der Waals surface area contributed by atoms with Crippen molar-refractivity contribution in [3.63, 3.8) is 0 Å². The van der Waals surface area contributed by atoms with Gasteiger partial charge in [0, 0.05) is 0 Å². The average molecular weight is 276 g/mol. The number of carbonyl (C=O) groups excluding carboxylic acids is 2. The molecule has 0 fully saturated rings. The molecule has 0 atom stereocenters. The fraction of sp³-hybridized carbons (Fsp3) is 0.571. The van der Waals surface area contributed by atoms with Crippen molar-refractivity contribution in [2.75, 3.05) is 13.1 Å². The van der Waals surface area contributed by atoms with E-state index in [1.807, 2.05) is 0 Å². The molecule has 2 amide bonds. The van der Waals surface area contributed by atoms with Crippen LogP contribution in [-0.4, -0.2) is 36.0 Å². The maximum Gasteiger partial charge on any atom is 0.250 e. The molecule has 6 heteroatoms. The Balaban J connectivity index is 4.82. The number of terminal acetylenes is 2. The molecule has 108 valence electrons. The second-order valence-corrected chi connectivity index (χ2v) is 5.09. The molecule has 0 saturated heterocycles. The molecule has 2 N–H and O–H groups in total. The van der Waals surface area contributed by atoms with Crippen LogP contribution in [0.15, 0.2) is 10.2 Å². The standard InChI is InChI=1S/C14H20N4O2/c1-7-9-15-11(19)13(3,4)17-18-14(5,6)12(20)16-10-8-2/h1-2H,9-10H2,3-6H3,(H,15,19)(H,16,20). The molecule has 0 aliphatic rings. The molecule has 6 nitrogen and oxygen atoms in total. The minimum absolute atomic E-state index is 0.115. The Kier molecular flexibility index (Phi) is 6.44. The first-order chi connectivity index (χ1) is 9.17. The topological polar surface area (TPSA) is 82.9 Å². The van der Waals surface area contributed by atoms with Gasteiger partial charge in [0.2, 0.25) is 11.8 Å². The SMILES string of the molecule is C#CCNC(=O)C(C)(C)N=NC(C)(C)C(=O)NCC#C. The van der Waals surface area contributed by atoms with Gasteiger partial charge in [0.1, 0.15) is 0 Å². The van der Waals surface area contributed by atoms with Crippen molar-refractivity contribution in [3.8, 4) is 24.7 Å². The molecule has 0 rings (SSSR count). The van der Waals surface area contributed by atoms with Gasteiger partial charge in [-0.3, -0.25) is 9.59 Å². The third-order valence-corrected chi connectivity index (χ3v) is 2.36. The van der Waals surface area contributed by atoms with Crippen LogP contribution in [0.1, 0.15) is 27.7 Å². The van der Waals surface area contributed by atoms with E-state index in [-0.39, 0.29) is 24.9 Å². The normalized spacial score (nSPS) is 11.5. The van der Waals surface area contributed by atoms with Gasteiger partial charge in [0.15, 0.2) is 11.1 Å². The minimum Gasteiger partial charge on any atom is -0.343 e. The van der Waals surface area contributed by atoms with Crippen LogP contribution in [0.5, 0.6) is 0 Å². The van der Waals surface area contributed by atoms with E-state index in [0.29, 0.717) is 0 Å². The Morgan fingerprint density at radius 1 is 0.900 bits per heavy atom. The maximum atomic E-state index is 11.8. The van der Waals surface area contributed by atoms with Crippen molar-refractivity contribution in [1.29, 1.82) is 0 Å². The van der Waals surface area contributed by atoms with E-state index in [1.165, 1.54) is 0 Å². The van der Waals surface area contributed by atoms with Crippen LogP contribution in [0, 0.1) is 24.7 Å². The van der Waals surface area contributed by atoms with Crippen LogP contribution in [0.2, 0.25) is 0 Å². The van der Waals surface area contributed by atoms with Crippen LogP contribution in [0.25, 0.3) is 0 Å². The first-order valence-electron chi connectivity index (χ1n) is 6.05. The van der Waals surface area contributed by atoms with Gasteiger partial charge < -0.3 is 10.6 Å². The summed E-state index contributed by atoms with van der Waals surface area (Å²) in [6, 6.07) is 0. The van der Waals surface area contributed by atoms with Crippen molar-refractivity contribution in [2.24, 2.45) is 10.2 Å². The van der Waals surface area contributed by atoms with Crippen LogP contribution >= 0.6 is 0 Å². The Hall–Kier alpha value is -2.34. The predicted molar refractivity (Wildman–Crippen MR) is 76.7 cm³/mol. The third kappa shape index (κ3) is 5.53. The summed E-state index contributed by atoms with van der Waals surface area (Å²) in [5.41, 5.74) is -2.22. The number of hydrogen-bond acceptors (Lipinski definition) is 4. The first-order valence-corrected chi connectivity index (χ1v) is 6.05. The van der Waals surface area contributed by atoms with E-state index in [2.05, 4.69) is 32.7 Å². The lowest BCUT2D eigenvalue weighted by atomic mass is 10.0. The van der Waals surface area contributed by atoms with Crippen molar-refractivity contribution in [2.45, 2.75) is 38.8 Å². The lowest BCUT2D eigenvalue weighted by Gasteiger charge is -2.21. The molecule has 0 aromatic heterocycles. The van der Waals surface area contributed by atoms with Crippen molar-refractivity contribution in [1.82, 2.24) is 10.6 Å². The number of azo groups is 1. The molecule has 20 heavy (non-hydrogen) atoms. The largest absolute Gasteiger partial charge is 0.343 e. The zero-order valence-electron chi connectivity index (χ0n) is 12.3. The van der Waals surface area contributed by atoms with Gasteiger partial charge in [-0.15, -0.1) is 12.8 Å². The Bertz CT molecular complexity index is 434. The van der Waals surface area contributed by atoms with E-state index in [0.717, 1.165) is 0 Å². The number of nitrogens with one attached hydrogen (secondary N) is 2. The van der Waals surface area contributed by atoms with Gasteiger partial charge >= 0.3 is 0 Å². The Labute approximate surface area is 119 Å². The highest BCUT2D eigenvalue weighted by molar-refractivity contribution is 5.86. The fourth-order valence-electron chi connectivity index (χ4n) is 1.04. The molecule has 0 aliphatic carbocycles. The summed E-state index contributed by atoms with van der Waals surface area (Å²) in [5, 5.41) is 12.9. The number of rotatable bonds is 6. The highest BCUT2D eigenvalue weighted by Crippen LogP contribution is 2.16. The molecule has 0 heterocycles. The molecule has 0 radical (unpaired) electrons. The minimum atomic E-state index is -1.11. The van der Waals surface area contributed by atoms with Gasteiger partial charge in [-0.1, -0.05) is 11.8 Å². The summed E-state index contributed by atoms with van der Waals surface area (Å²) < 4.78 is 0. The van der Waals surface area contributed by atoms with Crippen LogP contribution in [0.4, 0.5) is 0 Å². The number of carbonyl (C=O) groups is 2. The van der Waals surface area contributed by atoms with Crippen LogP contribution in [0.3, 0.4) is 0 Å². The van der Waals surface area contributed by atoms with Gasteiger partial charge in [0.05, 0.1) is 13.1 Å². The van der Waals surface area contributed by atoms with E-state index >= 15 is 0 Å². The fourth-order valence-corrected chi connectivity index (χ4v) is 1.04. The van der Waals surface area contributed by atoms with Gasteiger partial charge in [-0.2, -0.15) is 10.2 Å². The Morgan fingerprint density at radius 3 is 1.45 bits per heavy atom. The highest BCUT2D eigenvalue weighted by Gasteiger charge is 2.31. The summed E-state index contributed by atoms with van der Waals surface area (Å²) in [5.74, 6) is 3.87. The molecule has 0 bridgehead atoms. The van der Waals surface area contributed by atoms with Crippen LogP contribution < -0.4 is 10.6 Å². The van der Waals surface area contributed by atoms with E-state index in [4.69, 9.17) is 12.8 Å². The molecule has 0 aromatic carbocycles. The first kappa shape index (κ1) is 17.7. The monoisotopic (exact) mass is 276 g/mol. The summed E-state index contributed by atoms with van der Waals surface area (Å²) in [7, 11) is 0. The van der Waals surface area contributed by atoms with Crippen molar-refractivity contribution >= 4 is 11.8 Å². The molecular weight excluding hydrogens is 256 g/mol. The number of hydrogen-bond donors (Lipinski definition) is 2. The second-order valence-electron chi connectivity index (χ2n) is 5.09. The summed E-state index contributed by atoms with van der Waals surface area (Å²) in [4.78, 5) is 23.6. The number of amides is 2. The number of nitrogens with zero attached hydrogens (tertiary/aromatic N) is 2. The maximum absolute atomic E-state index is 11.8. The van der Waals surface area contributed by atoms with E-state index in [9.17, 15) is 9.59 Å². The summed E-state index contributed by atoms with van der Waals surface area (Å²) in [6.07, 6.45) is 10.1. The average Bonchev–Trinajstić information content (AvgIpc) is 2.39. The highest BCUT2D eigenvalue weighted by atomic mass is 16.2. The molecule has 0 spiro atoms. The lowest BCUT2D eigenvalue weighted by Crippen LogP contribution is -2.43. The smallest absolute Gasteiger partial charge is 0.250 e. The zero-order valence-corrected chi connectivity index (χ0v) is 12.3. The molecule has 0 aromatic rings. The van der Waals surface area contributed by atoms with Crippen molar-refractivity contribution < 1.29 is 9.59 Å². The van der Waals surface area contributed by atoms with Crippen molar-refractivity contribution in [3.05, 3.63) is 0 Å². The molecule has 0 unspecified atom stereocenters. The van der Waals surface area contributed by atoms with E-state index < -0.39 is 11.1 Å². The Morgan fingerprint density at radius 2 is 1.20 bits per heavy atom.